The van der Waals surface area contributed by atoms with Gasteiger partial charge in [0, 0.05) is 29.6 Å². The minimum Gasteiger partial charge on any atom is -0.466 e. The van der Waals surface area contributed by atoms with E-state index in [9.17, 15) is 9.59 Å². The Labute approximate surface area is 213 Å². The Morgan fingerprint density at radius 3 is 2.58 bits per heavy atom. The van der Waals surface area contributed by atoms with Crippen molar-refractivity contribution < 1.29 is 14.3 Å². The molecule has 0 spiro atoms. The number of aryl methyl sites for hydroxylation is 1. The van der Waals surface area contributed by atoms with E-state index in [4.69, 9.17) is 20.9 Å². The standard InChI is InChI=1S/C27H27N5O3S/c1-3-35-24(33)14-19-6-4-5-7-21(19)26(34)30-20-12-13-23-22(15-20)31-27(32(23)2)36-16-17-8-10-18(11-9-17)25(28)29/h4-13,15H,3,14,16H2,1-2H3,(H3,28,29)(H,30,34). The molecule has 0 atom stereocenters. The molecule has 1 aromatic heterocycles. The lowest BCUT2D eigenvalue weighted by atomic mass is 10.0. The van der Waals surface area contributed by atoms with E-state index in [-0.39, 0.29) is 24.1 Å². The van der Waals surface area contributed by atoms with Gasteiger partial charge in [-0.15, -0.1) is 0 Å². The number of carbonyl (C=O) groups excluding carboxylic acids is 2. The third kappa shape index (κ3) is 5.75. The lowest BCUT2D eigenvalue weighted by Crippen LogP contribution is -2.16. The van der Waals surface area contributed by atoms with E-state index in [1.54, 1.807) is 43.0 Å². The number of benzene rings is 3. The second kappa shape index (κ2) is 11.1. The zero-order valence-electron chi connectivity index (χ0n) is 20.1. The lowest BCUT2D eigenvalue weighted by molar-refractivity contribution is -0.142. The summed E-state index contributed by atoms with van der Waals surface area (Å²) in [6, 6.07) is 20.2. The lowest BCUT2D eigenvalue weighted by Gasteiger charge is -2.10. The molecule has 36 heavy (non-hydrogen) atoms. The van der Waals surface area contributed by atoms with Crippen molar-refractivity contribution in [2.45, 2.75) is 24.3 Å². The molecule has 0 bridgehead atoms. The summed E-state index contributed by atoms with van der Waals surface area (Å²) in [7, 11) is 1.96. The van der Waals surface area contributed by atoms with Crippen LogP contribution in [0.15, 0.2) is 71.9 Å². The summed E-state index contributed by atoms with van der Waals surface area (Å²) >= 11 is 1.60. The third-order valence-electron chi connectivity index (χ3n) is 5.63. The van der Waals surface area contributed by atoms with Crippen LogP contribution in [0, 0.1) is 5.41 Å². The average Bonchev–Trinajstić information content (AvgIpc) is 3.18. The summed E-state index contributed by atoms with van der Waals surface area (Å²) in [5, 5.41) is 11.3. The van der Waals surface area contributed by atoms with Crippen LogP contribution >= 0.6 is 11.8 Å². The molecule has 0 saturated heterocycles. The Hall–Kier alpha value is -4.11. The monoisotopic (exact) mass is 501 g/mol. The van der Waals surface area contributed by atoms with Crippen LogP contribution in [0.2, 0.25) is 0 Å². The Kier molecular flexibility index (Phi) is 7.70. The van der Waals surface area contributed by atoms with Crippen molar-refractivity contribution in [1.29, 1.82) is 5.41 Å². The molecule has 9 heteroatoms. The van der Waals surface area contributed by atoms with Gasteiger partial charge in [0.15, 0.2) is 5.16 Å². The molecule has 0 unspecified atom stereocenters. The summed E-state index contributed by atoms with van der Waals surface area (Å²) in [6.07, 6.45) is 0.0365. The first-order valence-corrected chi connectivity index (χ1v) is 12.4. The topological polar surface area (TPSA) is 123 Å². The van der Waals surface area contributed by atoms with Crippen LogP contribution < -0.4 is 11.1 Å². The first-order valence-electron chi connectivity index (χ1n) is 11.4. The zero-order valence-corrected chi connectivity index (χ0v) is 20.9. The van der Waals surface area contributed by atoms with Crippen LogP contribution in [0.25, 0.3) is 11.0 Å². The van der Waals surface area contributed by atoms with Gasteiger partial charge in [-0.1, -0.05) is 54.2 Å². The number of rotatable bonds is 9. The van der Waals surface area contributed by atoms with Gasteiger partial charge < -0.3 is 20.4 Å². The number of esters is 1. The van der Waals surface area contributed by atoms with Crippen molar-refractivity contribution in [3.8, 4) is 0 Å². The Balaban J connectivity index is 1.48. The number of fused-ring (bicyclic) bond motifs is 1. The van der Waals surface area contributed by atoms with Crippen molar-refractivity contribution in [3.63, 3.8) is 0 Å². The maximum Gasteiger partial charge on any atom is 0.310 e. The molecule has 1 heterocycles. The first kappa shape index (κ1) is 25.0. The fourth-order valence-corrected chi connectivity index (χ4v) is 4.72. The van der Waals surface area contributed by atoms with Crippen molar-refractivity contribution in [1.82, 2.24) is 9.55 Å². The van der Waals surface area contributed by atoms with E-state index in [1.165, 1.54) is 0 Å². The van der Waals surface area contributed by atoms with Crippen LogP contribution in [0.4, 0.5) is 5.69 Å². The number of hydrogen-bond acceptors (Lipinski definition) is 6. The number of amides is 1. The Morgan fingerprint density at radius 1 is 1.11 bits per heavy atom. The molecule has 0 aliphatic heterocycles. The van der Waals surface area contributed by atoms with Crippen molar-refractivity contribution in [3.05, 3.63) is 89.0 Å². The number of hydrogen-bond donors (Lipinski definition) is 3. The predicted octanol–water partition coefficient (Wildman–Crippen LogP) is 4.51. The summed E-state index contributed by atoms with van der Waals surface area (Å²) in [6.45, 7) is 2.05. The number of nitrogens with zero attached hydrogens (tertiary/aromatic N) is 2. The second-order valence-electron chi connectivity index (χ2n) is 8.15. The van der Waals surface area contributed by atoms with Gasteiger partial charge in [-0.25, -0.2) is 4.98 Å². The van der Waals surface area contributed by atoms with E-state index in [0.29, 0.717) is 29.0 Å². The summed E-state index contributed by atoms with van der Waals surface area (Å²) in [5.74, 6) is 0.104. The van der Waals surface area contributed by atoms with Crippen LogP contribution in [0.1, 0.15) is 34.0 Å². The molecule has 0 radical (unpaired) electrons. The minimum atomic E-state index is -0.368. The van der Waals surface area contributed by atoms with Gasteiger partial charge >= 0.3 is 5.97 Å². The highest BCUT2D eigenvalue weighted by molar-refractivity contribution is 7.98. The third-order valence-corrected chi connectivity index (χ3v) is 6.73. The minimum absolute atomic E-state index is 0.0365. The van der Waals surface area contributed by atoms with E-state index < -0.39 is 0 Å². The van der Waals surface area contributed by atoms with Gasteiger partial charge in [0.25, 0.3) is 5.91 Å². The van der Waals surface area contributed by atoms with Crippen molar-refractivity contribution >= 4 is 46.2 Å². The Bertz CT molecular complexity index is 1430. The number of anilines is 1. The van der Waals surface area contributed by atoms with Crippen molar-refractivity contribution in [2.75, 3.05) is 11.9 Å². The first-order chi connectivity index (χ1) is 17.4. The van der Waals surface area contributed by atoms with Gasteiger partial charge in [-0.05, 0) is 42.3 Å². The number of nitrogens with one attached hydrogen (secondary N) is 2. The molecule has 8 nitrogen and oxygen atoms in total. The molecule has 1 amide bonds. The maximum absolute atomic E-state index is 13.0. The molecule has 0 aliphatic carbocycles. The molecule has 0 aliphatic rings. The summed E-state index contributed by atoms with van der Waals surface area (Å²) in [4.78, 5) is 29.7. The molecule has 184 valence electrons. The van der Waals surface area contributed by atoms with E-state index in [2.05, 4.69) is 5.32 Å². The number of aromatic nitrogens is 2. The number of nitrogens with two attached hydrogens (primary N) is 1. The van der Waals surface area contributed by atoms with E-state index in [1.807, 2.05) is 54.1 Å². The highest BCUT2D eigenvalue weighted by Gasteiger charge is 2.16. The summed E-state index contributed by atoms with van der Waals surface area (Å²) in [5.41, 5.74) is 10.7. The van der Waals surface area contributed by atoms with Crippen LogP contribution in [0.5, 0.6) is 0 Å². The molecule has 0 saturated carbocycles. The normalized spacial score (nSPS) is 10.8. The van der Waals surface area contributed by atoms with Crippen LogP contribution in [0.3, 0.4) is 0 Å². The molecular weight excluding hydrogens is 474 g/mol. The van der Waals surface area contributed by atoms with Gasteiger partial charge in [-0.3, -0.25) is 15.0 Å². The maximum atomic E-state index is 13.0. The van der Waals surface area contributed by atoms with E-state index in [0.717, 1.165) is 27.5 Å². The Morgan fingerprint density at radius 2 is 1.86 bits per heavy atom. The number of ether oxygens (including phenoxy) is 1. The van der Waals surface area contributed by atoms with Gasteiger partial charge in [0.1, 0.15) is 5.84 Å². The fraction of sp³-hybridized carbons (Fsp3) is 0.185. The van der Waals surface area contributed by atoms with Gasteiger partial charge in [0.05, 0.1) is 24.1 Å². The molecule has 0 fully saturated rings. The SMILES string of the molecule is CCOC(=O)Cc1ccccc1C(=O)Nc1ccc2c(c1)nc(SCc1ccc(C(=N)N)cc1)n2C. The fourth-order valence-electron chi connectivity index (χ4n) is 3.77. The van der Waals surface area contributed by atoms with E-state index >= 15 is 0 Å². The highest BCUT2D eigenvalue weighted by atomic mass is 32.2. The molecular formula is C27H27N5O3S. The number of nitrogen functional groups attached to an aromatic ring is 1. The number of amidine groups is 1. The number of carbonyl (C=O) groups is 2. The largest absolute Gasteiger partial charge is 0.466 e. The molecule has 4 rings (SSSR count). The van der Waals surface area contributed by atoms with Gasteiger partial charge in [-0.2, -0.15) is 0 Å². The quantitative estimate of drug-likeness (QED) is 0.134. The smallest absolute Gasteiger partial charge is 0.310 e. The molecule has 4 aromatic rings. The molecule has 4 N–H and O–H groups in total. The number of thioether (sulfide) groups is 1. The average molecular weight is 502 g/mol. The molecule has 3 aromatic carbocycles. The predicted molar refractivity (Wildman–Crippen MR) is 142 cm³/mol. The second-order valence-corrected chi connectivity index (χ2v) is 9.09. The zero-order chi connectivity index (χ0) is 25.7. The number of imidazole rings is 1. The van der Waals surface area contributed by atoms with Crippen LogP contribution in [-0.2, 0) is 28.8 Å². The summed E-state index contributed by atoms with van der Waals surface area (Å²) < 4.78 is 7.04. The van der Waals surface area contributed by atoms with Crippen LogP contribution in [-0.4, -0.2) is 33.9 Å². The van der Waals surface area contributed by atoms with Gasteiger partial charge in [0.2, 0.25) is 0 Å². The highest BCUT2D eigenvalue weighted by Crippen LogP contribution is 2.28. The van der Waals surface area contributed by atoms with Crippen molar-refractivity contribution in [2.24, 2.45) is 12.8 Å².